The van der Waals surface area contributed by atoms with Gasteiger partial charge in [0.25, 0.3) is 0 Å². The van der Waals surface area contributed by atoms with Gasteiger partial charge in [0.05, 0.1) is 15.5 Å². The van der Waals surface area contributed by atoms with Gasteiger partial charge in [0.2, 0.25) is 5.52 Å². The van der Waals surface area contributed by atoms with Crippen molar-refractivity contribution in [1.29, 1.82) is 0 Å². The molecule has 0 bridgehead atoms. The van der Waals surface area contributed by atoms with Gasteiger partial charge in [0.15, 0.2) is 11.3 Å². The zero-order valence-electron chi connectivity index (χ0n) is 12.1. The van der Waals surface area contributed by atoms with Crippen molar-refractivity contribution in [2.24, 2.45) is 0 Å². The third-order valence-electron chi connectivity index (χ3n) is 3.35. The number of nitro benzene ring substituents is 2. The van der Waals surface area contributed by atoms with Crippen LogP contribution in [-0.4, -0.2) is 25.3 Å². The van der Waals surface area contributed by atoms with Crippen LogP contribution in [0.3, 0.4) is 0 Å². The average Bonchev–Trinajstić information content (AvgIpc) is 3.00. The number of nitrogens with one attached hydrogen (secondary N) is 1. The number of non-ortho nitro benzene ring substituents is 1. The number of phenols is 1. The number of anilines is 2. The van der Waals surface area contributed by atoms with Crippen molar-refractivity contribution in [2.45, 2.75) is 6.92 Å². The SMILES string of the molecule is Cc1cc(Nc2ccc([N+](=O)[O-])c3nonc23)cc([N+](=O)[O-])c1O. The molecule has 0 radical (unpaired) electrons. The standard InChI is InChI=1S/C13H9N5O6/c1-6-4-7(5-10(13(6)19)18(22)23)14-8-2-3-9(17(20)21)12-11(8)15-24-16-12/h2-5,14,19H,1H3. The molecule has 2 aromatic carbocycles. The Morgan fingerprint density at radius 1 is 1.08 bits per heavy atom. The maximum absolute atomic E-state index is 11.0. The van der Waals surface area contributed by atoms with Crippen LogP contribution in [0.4, 0.5) is 22.7 Å². The number of benzene rings is 2. The number of hydrogen-bond acceptors (Lipinski definition) is 9. The highest BCUT2D eigenvalue weighted by atomic mass is 16.6. The van der Waals surface area contributed by atoms with E-state index in [0.29, 0.717) is 16.9 Å². The first kappa shape index (κ1) is 15.1. The summed E-state index contributed by atoms with van der Waals surface area (Å²) in [6.45, 7) is 1.51. The summed E-state index contributed by atoms with van der Waals surface area (Å²) in [5, 5.41) is 41.6. The van der Waals surface area contributed by atoms with Crippen LogP contribution in [0.25, 0.3) is 11.0 Å². The van der Waals surface area contributed by atoms with Crippen molar-refractivity contribution >= 4 is 33.8 Å². The average molecular weight is 331 g/mol. The minimum atomic E-state index is -0.712. The highest BCUT2D eigenvalue weighted by Crippen LogP contribution is 2.36. The Hall–Kier alpha value is -3.76. The van der Waals surface area contributed by atoms with Gasteiger partial charge in [-0.1, -0.05) is 0 Å². The molecule has 122 valence electrons. The van der Waals surface area contributed by atoms with Crippen LogP contribution in [0.1, 0.15) is 5.56 Å². The number of fused-ring (bicyclic) bond motifs is 1. The molecule has 11 nitrogen and oxygen atoms in total. The van der Waals surface area contributed by atoms with Crippen LogP contribution in [0, 0.1) is 27.2 Å². The molecule has 3 aromatic rings. The van der Waals surface area contributed by atoms with E-state index >= 15 is 0 Å². The summed E-state index contributed by atoms with van der Waals surface area (Å²) in [4.78, 5) is 20.6. The Morgan fingerprint density at radius 2 is 1.75 bits per heavy atom. The lowest BCUT2D eigenvalue weighted by atomic mass is 10.1. The topological polar surface area (TPSA) is 157 Å². The quantitative estimate of drug-likeness (QED) is 0.416. The number of nitrogens with zero attached hydrogens (tertiary/aromatic N) is 4. The van der Waals surface area contributed by atoms with E-state index in [0.717, 1.165) is 6.07 Å². The molecule has 11 heteroatoms. The molecule has 1 aromatic heterocycles. The van der Waals surface area contributed by atoms with E-state index in [9.17, 15) is 25.3 Å². The van der Waals surface area contributed by atoms with Gasteiger partial charge >= 0.3 is 11.4 Å². The second-order valence-corrected chi connectivity index (χ2v) is 4.89. The summed E-state index contributed by atoms with van der Waals surface area (Å²) < 4.78 is 4.55. The number of nitro groups is 2. The molecule has 0 saturated heterocycles. The van der Waals surface area contributed by atoms with E-state index in [2.05, 4.69) is 20.3 Å². The molecule has 0 saturated carbocycles. The van der Waals surface area contributed by atoms with Crippen molar-refractivity contribution in [3.05, 3.63) is 50.1 Å². The van der Waals surface area contributed by atoms with Crippen LogP contribution in [-0.2, 0) is 0 Å². The Labute approximate surface area is 132 Å². The molecule has 0 aliphatic carbocycles. The van der Waals surface area contributed by atoms with E-state index in [-0.39, 0.29) is 16.7 Å². The fourth-order valence-electron chi connectivity index (χ4n) is 2.23. The van der Waals surface area contributed by atoms with E-state index in [1.54, 1.807) is 0 Å². The molecule has 0 atom stereocenters. The van der Waals surface area contributed by atoms with Crippen LogP contribution >= 0.6 is 0 Å². The molecule has 0 unspecified atom stereocenters. The summed E-state index contributed by atoms with van der Waals surface area (Å²) >= 11 is 0. The van der Waals surface area contributed by atoms with Gasteiger partial charge in [-0.15, -0.1) is 0 Å². The Morgan fingerprint density at radius 3 is 2.42 bits per heavy atom. The normalized spacial score (nSPS) is 10.7. The molecular weight excluding hydrogens is 322 g/mol. The molecule has 0 amide bonds. The maximum atomic E-state index is 11.0. The van der Waals surface area contributed by atoms with Crippen LogP contribution < -0.4 is 5.32 Å². The van der Waals surface area contributed by atoms with Crippen molar-refractivity contribution in [3.63, 3.8) is 0 Å². The Balaban J connectivity index is 2.08. The number of aryl methyl sites for hydroxylation is 1. The van der Waals surface area contributed by atoms with Gasteiger partial charge in [0, 0.05) is 23.4 Å². The summed E-state index contributed by atoms with van der Waals surface area (Å²) in [6.07, 6.45) is 0. The fourth-order valence-corrected chi connectivity index (χ4v) is 2.23. The molecule has 24 heavy (non-hydrogen) atoms. The molecular formula is C13H9N5O6. The zero-order valence-corrected chi connectivity index (χ0v) is 12.1. The molecule has 0 aliphatic heterocycles. The first-order chi connectivity index (χ1) is 11.4. The lowest BCUT2D eigenvalue weighted by Gasteiger charge is -2.09. The molecule has 0 spiro atoms. The predicted octanol–water partition coefficient (Wildman–Crippen LogP) is 2.80. The van der Waals surface area contributed by atoms with Gasteiger partial charge in [-0.25, -0.2) is 4.63 Å². The first-order valence-corrected chi connectivity index (χ1v) is 6.53. The summed E-state index contributed by atoms with van der Waals surface area (Å²) in [5.41, 5.74) is 0.237. The smallest absolute Gasteiger partial charge is 0.313 e. The van der Waals surface area contributed by atoms with E-state index < -0.39 is 21.3 Å². The third kappa shape index (κ3) is 2.43. The van der Waals surface area contributed by atoms with Crippen LogP contribution in [0.5, 0.6) is 5.75 Å². The van der Waals surface area contributed by atoms with Crippen molar-refractivity contribution in [2.75, 3.05) is 5.32 Å². The van der Waals surface area contributed by atoms with Gasteiger partial charge in [-0.3, -0.25) is 20.2 Å². The van der Waals surface area contributed by atoms with Crippen LogP contribution in [0.15, 0.2) is 28.9 Å². The van der Waals surface area contributed by atoms with Crippen LogP contribution in [0.2, 0.25) is 0 Å². The van der Waals surface area contributed by atoms with Gasteiger partial charge in [0.1, 0.15) is 0 Å². The second-order valence-electron chi connectivity index (χ2n) is 4.89. The van der Waals surface area contributed by atoms with Crippen molar-refractivity contribution in [1.82, 2.24) is 10.3 Å². The van der Waals surface area contributed by atoms with E-state index in [1.807, 2.05) is 0 Å². The number of hydrogen-bond donors (Lipinski definition) is 2. The van der Waals surface area contributed by atoms with E-state index in [4.69, 9.17) is 0 Å². The number of aromatic nitrogens is 2. The number of aromatic hydroxyl groups is 1. The first-order valence-electron chi connectivity index (χ1n) is 6.53. The lowest BCUT2D eigenvalue weighted by Crippen LogP contribution is -1.97. The highest BCUT2D eigenvalue weighted by Gasteiger charge is 2.21. The maximum Gasteiger partial charge on any atom is 0.313 e. The molecule has 0 aliphatic rings. The highest BCUT2D eigenvalue weighted by molar-refractivity contribution is 5.95. The Kier molecular flexibility index (Phi) is 3.45. The summed E-state index contributed by atoms with van der Waals surface area (Å²) in [5.74, 6) is -0.428. The minimum Gasteiger partial charge on any atom is -0.502 e. The minimum absolute atomic E-state index is 0.0463. The van der Waals surface area contributed by atoms with E-state index in [1.165, 1.54) is 25.1 Å². The largest absolute Gasteiger partial charge is 0.502 e. The summed E-state index contributed by atoms with van der Waals surface area (Å²) in [6, 6.07) is 5.24. The number of phenolic OH excluding ortho intramolecular Hbond substituents is 1. The molecule has 0 fully saturated rings. The Bertz CT molecular complexity index is 982. The molecule has 3 rings (SSSR count). The van der Waals surface area contributed by atoms with Gasteiger partial charge < -0.3 is 10.4 Å². The van der Waals surface area contributed by atoms with Crippen molar-refractivity contribution in [3.8, 4) is 5.75 Å². The number of rotatable bonds is 4. The predicted molar refractivity (Wildman–Crippen MR) is 81.2 cm³/mol. The molecule has 1 heterocycles. The molecule has 2 N–H and O–H groups in total. The van der Waals surface area contributed by atoms with Gasteiger partial charge in [-0.05, 0) is 29.4 Å². The fraction of sp³-hybridized carbons (Fsp3) is 0.0769. The lowest BCUT2D eigenvalue weighted by molar-refractivity contribution is -0.385. The second kappa shape index (κ2) is 5.46. The third-order valence-corrected chi connectivity index (χ3v) is 3.35. The monoisotopic (exact) mass is 331 g/mol. The zero-order chi connectivity index (χ0) is 17.4. The van der Waals surface area contributed by atoms with Crippen molar-refractivity contribution < 1.29 is 19.6 Å². The van der Waals surface area contributed by atoms with Gasteiger partial charge in [-0.2, -0.15) is 0 Å². The summed E-state index contributed by atoms with van der Waals surface area (Å²) in [7, 11) is 0.